The van der Waals surface area contributed by atoms with Gasteiger partial charge in [-0.15, -0.1) is 0 Å². The molecule has 1 aromatic carbocycles. The number of nitro benzene ring substituents is 1. The fourth-order valence-corrected chi connectivity index (χ4v) is 3.39. The topological polar surface area (TPSA) is 97.6 Å². The van der Waals surface area contributed by atoms with Crippen LogP contribution in [0.5, 0.6) is 0 Å². The molecule has 0 unspecified atom stereocenters. The first-order valence-electron chi connectivity index (χ1n) is 5.58. The molecule has 0 bridgehead atoms. The Morgan fingerprint density at radius 2 is 2.00 bits per heavy atom. The van der Waals surface area contributed by atoms with Gasteiger partial charge in [0.15, 0.2) is 4.75 Å². The summed E-state index contributed by atoms with van der Waals surface area (Å²) >= 11 is 0. The fourth-order valence-electron chi connectivity index (χ4n) is 1.88. The summed E-state index contributed by atoms with van der Waals surface area (Å²) in [6.45, 7) is 2.24. The molecule has 1 heterocycles. The number of halogens is 1. The molecule has 0 atom stereocenters. The Bertz CT molecular complexity index is 714. The van der Waals surface area contributed by atoms with E-state index in [0.29, 0.717) is 4.31 Å². The molecule has 1 aromatic rings. The van der Waals surface area contributed by atoms with Gasteiger partial charge in [-0.3, -0.25) is 14.9 Å². The molecule has 9 heteroatoms. The lowest BCUT2D eigenvalue weighted by molar-refractivity contribution is -0.387. The second-order valence-electron chi connectivity index (χ2n) is 4.87. The van der Waals surface area contributed by atoms with Gasteiger partial charge in [0, 0.05) is 6.07 Å². The van der Waals surface area contributed by atoms with E-state index in [2.05, 4.69) is 0 Å². The van der Waals surface area contributed by atoms with Gasteiger partial charge in [0.25, 0.3) is 15.9 Å². The zero-order chi connectivity index (χ0) is 15.3. The van der Waals surface area contributed by atoms with Crippen LogP contribution in [0, 0.1) is 15.9 Å². The van der Waals surface area contributed by atoms with Crippen LogP contribution in [0.15, 0.2) is 18.2 Å². The van der Waals surface area contributed by atoms with Crippen LogP contribution in [0.1, 0.15) is 19.4 Å². The van der Waals surface area contributed by atoms with E-state index in [1.54, 1.807) is 0 Å². The van der Waals surface area contributed by atoms with E-state index in [9.17, 15) is 27.7 Å². The smallest absolute Gasteiger partial charge is 0.272 e. The number of rotatable bonds is 3. The highest BCUT2D eigenvalue weighted by atomic mass is 32.2. The summed E-state index contributed by atoms with van der Waals surface area (Å²) in [6.07, 6.45) is 0. The molecule has 1 amide bonds. The summed E-state index contributed by atoms with van der Waals surface area (Å²) in [4.78, 5) is 21.3. The monoisotopic (exact) mass is 302 g/mol. The number of hydrogen-bond donors (Lipinski definition) is 0. The average Bonchev–Trinajstić information content (AvgIpc) is 2.34. The summed E-state index contributed by atoms with van der Waals surface area (Å²) in [5.74, 6) is -1.66. The van der Waals surface area contributed by atoms with E-state index in [0.717, 1.165) is 12.1 Å². The Hall–Kier alpha value is -2.03. The number of carbonyl (C=O) groups excluding carboxylic acids is 1. The summed E-state index contributed by atoms with van der Waals surface area (Å²) in [5, 5.41) is 10.5. The maximum Gasteiger partial charge on any atom is 0.304 e. The van der Waals surface area contributed by atoms with Crippen LogP contribution in [0.3, 0.4) is 0 Å². The largest absolute Gasteiger partial charge is 0.304 e. The van der Waals surface area contributed by atoms with Gasteiger partial charge in [-0.2, -0.15) is 4.39 Å². The molecule has 0 spiro atoms. The first-order chi connectivity index (χ1) is 9.09. The van der Waals surface area contributed by atoms with Crippen LogP contribution >= 0.6 is 0 Å². The number of sulfonamides is 1. The Kier molecular flexibility index (Phi) is 3.04. The number of carbonyl (C=O) groups is 1. The second kappa shape index (κ2) is 4.23. The van der Waals surface area contributed by atoms with E-state index in [-0.39, 0.29) is 12.1 Å². The minimum atomic E-state index is -3.76. The third-order valence-electron chi connectivity index (χ3n) is 3.21. The van der Waals surface area contributed by atoms with Crippen LogP contribution < -0.4 is 0 Å². The van der Waals surface area contributed by atoms with E-state index >= 15 is 0 Å². The van der Waals surface area contributed by atoms with E-state index in [1.807, 2.05) is 0 Å². The molecule has 1 aliphatic heterocycles. The molecule has 2 rings (SSSR count). The van der Waals surface area contributed by atoms with Crippen molar-refractivity contribution in [1.29, 1.82) is 0 Å². The van der Waals surface area contributed by atoms with Crippen LogP contribution in [0.4, 0.5) is 10.1 Å². The lowest BCUT2D eigenvalue weighted by Gasteiger charge is -2.43. The number of hydrogen-bond acceptors (Lipinski definition) is 5. The maximum atomic E-state index is 13.4. The van der Waals surface area contributed by atoms with Crippen molar-refractivity contribution in [3.63, 3.8) is 0 Å². The Morgan fingerprint density at radius 1 is 1.40 bits per heavy atom. The maximum absolute atomic E-state index is 13.4. The zero-order valence-corrected chi connectivity index (χ0v) is 11.5. The highest BCUT2D eigenvalue weighted by Gasteiger charge is 2.59. The van der Waals surface area contributed by atoms with Crippen LogP contribution in [0.25, 0.3) is 0 Å². The van der Waals surface area contributed by atoms with Gasteiger partial charge in [0.2, 0.25) is 5.82 Å². The van der Waals surface area contributed by atoms with Gasteiger partial charge in [0.05, 0.1) is 11.5 Å². The van der Waals surface area contributed by atoms with Gasteiger partial charge < -0.3 is 0 Å². The summed E-state index contributed by atoms with van der Waals surface area (Å²) < 4.78 is 36.3. The minimum Gasteiger partial charge on any atom is -0.272 e. The van der Waals surface area contributed by atoms with Crippen LogP contribution in [-0.4, -0.2) is 28.3 Å². The predicted octanol–water partition coefficient (Wildman–Crippen LogP) is 1.18. The van der Waals surface area contributed by atoms with Crippen LogP contribution in [0.2, 0.25) is 0 Å². The molecule has 1 aliphatic rings. The summed E-state index contributed by atoms with van der Waals surface area (Å²) in [5.41, 5.74) is -0.535. The van der Waals surface area contributed by atoms with E-state index < -0.39 is 37.1 Å². The van der Waals surface area contributed by atoms with Crippen molar-refractivity contribution in [3.05, 3.63) is 39.7 Å². The Morgan fingerprint density at radius 3 is 2.45 bits per heavy atom. The second-order valence-corrected chi connectivity index (χ2v) is 7.28. The normalized spacial score (nSPS) is 19.6. The molecule has 0 radical (unpaired) electrons. The Labute approximate surface area is 114 Å². The predicted molar refractivity (Wildman–Crippen MR) is 66.6 cm³/mol. The number of nitro groups is 1. The lowest BCUT2D eigenvalue weighted by atomic mass is 10.1. The molecule has 1 fully saturated rings. The van der Waals surface area contributed by atoms with E-state index in [1.165, 1.54) is 19.9 Å². The first-order valence-corrected chi connectivity index (χ1v) is 7.02. The van der Waals surface area contributed by atoms with Crippen molar-refractivity contribution in [1.82, 2.24) is 4.31 Å². The molecular formula is C11H11FN2O5S. The third-order valence-corrected chi connectivity index (χ3v) is 5.55. The van der Waals surface area contributed by atoms with Crippen LogP contribution in [-0.2, 0) is 21.4 Å². The van der Waals surface area contributed by atoms with Crippen molar-refractivity contribution >= 4 is 21.6 Å². The third kappa shape index (κ3) is 1.85. The Balaban J connectivity index is 2.27. The van der Waals surface area contributed by atoms with Crippen molar-refractivity contribution in [2.24, 2.45) is 0 Å². The van der Waals surface area contributed by atoms with Gasteiger partial charge in [-0.1, -0.05) is 6.07 Å². The van der Waals surface area contributed by atoms with Crippen molar-refractivity contribution in [2.45, 2.75) is 25.1 Å². The number of amides is 1. The molecular weight excluding hydrogens is 291 g/mol. The first kappa shape index (κ1) is 14.4. The number of benzene rings is 1. The fraction of sp³-hybridized carbons (Fsp3) is 0.364. The summed E-state index contributed by atoms with van der Waals surface area (Å²) in [7, 11) is -3.76. The molecule has 0 saturated carbocycles. The highest BCUT2D eigenvalue weighted by molar-refractivity contribution is 7.94. The molecule has 108 valence electrons. The average molecular weight is 302 g/mol. The van der Waals surface area contributed by atoms with Crippen molar-refractivity contribution < 1.29 is 22.5 Å². The standard InChI is InChI=1S/C11H11FN2O5S/c1-11(2)10(15)13(20(11,18)19)6-7-3-4-9(14(16)17)8(12)5-7/h3-5H,6H2,1-2H3. The zero-order valence-electron chi connectivity index (χ0n) is 10.7. The van der Waals surface area contributed by atoms with Gasteiger partial charge in [-0.05, 0) is 25.5 Å². The molecule has 1 saturated heterocycles. The molecule has 0 aliphatic carbocycles. The lowest BCUT2D eigenvalue weighted by Crippen LogP contribution is -2.66. The molecule has 7 nitrogen and oxygen atoms in total. The van der Waals surface area contributed by atoms with E-state index in [4.69, 9.17) is 0 Å². The summed E-state index contributed by atoms with van der Waals surface area (Å²) in [6, 6.07) is 3.01. The van der Waals surface area contributed by atoms with Gasteiger partial charge in [-0.25, -0.2) is 12.7 Å². The van der Waals surface area contributed by atoms with Gasteiger partial charge >= 0.3 is 5.69 Å². The minimum absolute atomic E-state index is 0.167. The van der Waals surface area contributed by atoms with Crippen molar-refractivity contribution in [2.75, 3.05) is 0 Å². The SMILES string of the molecule is CC1(C)C(=O)N(Cc2ccc([N+](=O)[O-])c(F)c2)S1(=O)=O. The highest BCUT2D eigenvalue weighted by Crippen LogP contribution is 2.36. The molecule has 0 N–H and O–H groups in total. The van der Waals surface area contributed by atoms with Gasteiger partial charge in [0.1, 0.15) is 0 Å². The quantitative estimate of drug-likeness (QED) is 0.617. The molecule has 0 aromatic heterocycles. The van der Waals surface area contributed by atoms with Crippen molar-refractivity contribution in [3.8, 4) is 0 Å². The molecule has 20 heavy (non-hydrogen) atoms. The number of nitrogens with zero attached hydrogens (tertiary/aromatic N) is 2.